The number of amides is 1. The van der Waals surface area contributed by atoms with Crippen LogP contribution in [0.2, 0.25) is 15.2 Å². The summed E-state index contributed by atoms with van der Waals surface area (Å²) in [4.78, 5) is 24.8. The zero-order valence-electron chi connectivity index (χ0n) is 12.6. The molecule has 1 aromatic heterocycles. The Morgan fingerprint density at radius 1 is 1.24 bits per heavy atom. The average Bonchev–Trinajstić information content (AvgIpc) is 2.60. The number of hydrogen-bond acceptors (Lipinski definition) is 5. The molecule has 0 aliphatic heterocycles. The second-order valence-corrected chi connectivity index (χ2v) is 5.93. The van der Waals surface area contributed by atoms with Gasteiger partial charge >= 0.3 is 5.91 Å². The molecule has 0 spiro atoms. The molecule has 25 heavy (non-hydrogen) atoms. The van der Waals surface area contributed by atoms with Gasteiger partial charge in [-0.2, -0.15) is 10.1 Å². The van der Waals surface area contributed by atoms with Crippen LogP contribution < -0.4 is 16.1 Å². The Morgan fingerprint density at radius 2 is 1.84 bits per heavy atom. The van der Waals surface area contributed by atoms with Crippen LogP contribution in [0, 0.1) is 10.1 Å². The maximum Gasteiger partial charge on any atom is 0.337 e. The molecular weight excluding hydrogens is 393 g/mol. The first-order valence-electron chi connectivity index (χ1n) is 6.67. The van der Waals surface area contributed by atoms with Crippen LogP contribution in [0.3, 0.4) is 0 Å². The molecule has 0 saturated heterocycles. The lowest BCUT2D eigenvalue weighted by atomic mass is 10.1. The number of hydrogen-bond donors (Lipinski definition) is 2. The van der Waals surface area contributed by atoms with Crippen LogP contribution in [0.4, 0.5) is 11.4 Å². The molecule has 4 N–H and O–H groups in total. The van der Waals surface area contributed by atoms with Crippen molar-refractivity contribution in [2.45, 2.75) is 6.92 Å². The molecule has 1 aromatic carbocycles. The number of benzene rings is 1. The standard InChI is InChI=1S/C14H10Cl3N5O3/c1-6(7-2-4-8(5-3-7)22(24)25)20-21-14(23)12-9(15)11(18)10(16)13(17)19-12/h2-5H,1H3,(H2,18,19)(H,21,23)/p+1/b20-6+. The van der Waals surface area contributed by atoms with Gasteiger partial charge in [0.1, 0.15) is 10.0 Å². The molecular formula is C14H11Cl3N5O3+. The molecule has 8 nitrogen and oxygen atoms in total. The summed E-state index contributed by atoms with van der Waals surface area (Å²) in [7, 11) is 0. The number of carbonyl (C=O) groups excluding carboxylic acids is 1. The van der Waals surface area contributed by atoms with Crippen molar-refractivity contribution in [2.24, 2.45) is 5.10 Å². The van der Waals surface area contributed by atoms with Crippen molar-refractivity contribution in [1.29, 1.82) is 0 Å². The SMILES string of the molecule is C/C(=N\NC(=O)c1[nH+]c(Cl)c(Cl)c(N)c1Cl)c1ccc([N+](=O)[O-])cc1. The van der Waals surface area contributed by atoms with Crippen LogP contribution in [0.1, 0.15) is 23.0 Å². The molecule has 11 heteroatoms. The average molecular weight is 404 g/mol. The highest BCUT2D eigenvalue weighted by Gasteiger charge is 2.26. The molecule has 2 rings (SSSR count). The van der Waals surface area contributed by atoms with Gasteiger partial charge in [-0.15, -0.1) is 0 Å². The number of aromatic amines is 1. The number of hydrazone groups is 1. The minimum absolute atomic E-state index is 0.00813. The fraction of sp³-hybridized carbons (Fsp3) is 0.0714. The molecule has 130 valence electrons. The number of nitrogens with two attached hydrogens (primary N) is 1. The highest BCUT2D eigenvalue weighted by molar-refractivity contribution is 6.45. The molecule has 0 atom stereocenters. The summed E-state index contributed by atoms with van der Waals surface area (Å²) in [6.45, 7) is 1.62. The predicted octanol–water partition coefficient (Wildman–Crippen LogP) is 3.11. The lowest BCUT2D eigenvalue weighted by molar-refractivity contribution is -0.384. The lowest BCUT2D eigenvalue weighted by Gasteiger charge is -2.04. The predicted molar refractivity (Wildman–Crippen MR) is 95.2 cm³/mol. The highest BCUT2D eigenvalue weighted by atomic mass is 35.5. The largest absolute Gasteiger partial charge is 0.396 e. The first-order valence-corrected chi connectivity index (χ1v) is 7.80. The van der Waals surface area contributed by atoms with E-state index in [4.69, 9.17) is 40.5 Å². The van der Waals surface area contributed by atoms with E-state index in [0.29, 0.717) is 11.3 Å². The number of non-ortho nitro benzene ring substituents is 1. The third-order valence-electron chi connectivity index (χ3n) is 3.17. The minimum Gasteiger partial charge on any atom is -0.396 e. The van der Waals surface area contributed by atoms with Crippen molar-refractivity contribution in [2.75, 3.05) is 5.73 Å². The van der Waals surface area contributed by atoms with Crippen LogP contribution in [0.5, 0.6) is 0 Å². The first kappa shape index (κ1) is 18.9. The Morgan fingerprint density at radius 3 is 2.40 bits per heavy atom. The van der Waals surface area contributed by atoms with Gasteiger partial charge in [0.15, 0.2) is 0 Å². The molecule has 2 aromatic rings. The van der Waals surface area contributed by atoms with Gasteiger partial charge in [0, 0.05) is 12.1 Å². The number of nitrogens with one attached hydrogen (secondary N) is 2. The lowest BCUT2D eigenvalue weighted by Crippen LogP contribution is -2.29. The van der Waals surface area contributed by atoms with Gasteiger partial charge in [-0.25, -0.2) is 5.43 Å². The van der Waals surface area contributed by atoms with Crippen LogP contribution in [0.25, 0.3) is 0 Å². The van der Waals surface area contributed by atoms with Crippen molar-refractivity contribution >= 4 is 57.8 Å². The van der Waals surface area contributed by atoms with Gasteiger partial charge in [-0.05, 0) is 36.2 Å². The third-order valence-corrected chi connectivity index (χ3v) is 4.33. The third kappa shape index (κ3) is 4.16. The van der Waals surface area contributed by atoms with Crippen LogP contribution in [0.15, 0.2) is 29.4 Å². The molecule has 1 amide bonds. The molecule has 0 radical (unpaired) electrons. The smallest absolute Gasteiger partial charge is 0.337 e. The monoisotopic (exact) mass is 402 g/mol. The van der Waals surface area contributed by atoms with E-state index in [2.05, 4.69) is 15.5 Å². The van der Waals surface area contributed by atoms with E-state index in [-0.39, 0.29) is 32.3 Å². The van der Waals surface area contributed by atoms with E-state index < -0.39 is 10.8 Å². The molecule has 0 aliphatic rings. The number of nitro benzene ring substituents is 1. The Bertz CT molecular complexity index is 884. The summed E-state index contributed by atoms with van der Waals surface area (Å²) >= 11 is 17.6. The first-order chi connectivity index (χ1) is 11.7. The number of halogens is 3. The number of nitrogens with zero attached hydrogens (tertiary/aromatic N) is 2. The number of H-pyrrole nitrogens is 1. The second-order valence-electron chi connectivity index (χ2n) is 4.80. The molecule has 0 unspecified atom stereocenters. The summed E-state index contributed by atoms with van der Waals surface area (Å²) in [5.41, 5.74) is 8.79. The maximum atomic E-state index is 12.2. The summed E-state index contributed by atoms with van der Waals surface area (Å²) in [6.07, 6.45) is 0. The molecule has 0 aliphatic carbocycles. The van der Waals surface area contributed by atoms with Crippen LogP contribution in [-0.2, 0) is 0 Å². The summed E-state index contributed by atoms with van der Waals surface area (Å²) in [5, 5.41) is 14.4. The Kier molecular flexibility index (Phi) is 5.78. The van der Waals surface area contributed by atoms with Crippen LogP contribution in [-0.4, -0.2) is 16.5 Å². The minimum atomic E-state index is -0.684. The Balaban J connectivity index is 2.21. The fourth-order valence-electron chi connectivity index (χ4n) is 1.80. The van der Waals surface area contributed by atoms with Gasteiger partial charge < -0.3 is 5.73 Å². The summed E-state index contributed by atoms with van der Waals surface area (Å²) in [5.74, 6) is -0.684. The topological polar surface area (TPSA) is 125 Å². The van der Waals surface area contributed by atoms with Crippen molar-refractivity contribution in [3.63, 3.8) is 0 Å². The van der Waals surface area contributed by atoms with Gasteiger partial charge in [-0.1, -0.05) is 23.2 Å². The molecule has 0 bridgehead atoms. The number of nitrogen functional groups attached to an aromatic ring is 1. The number of carbonyl (C=O) groups is 1. The second kappa shape index (κ2) is 7.64. The zero-order chi connectivity index (χ0) is 18.7. The number of aromatic nitrogens is 1. The van der Waals surface area contributed by atoms with Gasteiger partial charge in [0.25, 0.3) is 16.5 Å². The molecule has 0 fully saturated rings. The Labute approximate surface area is 156 Å². The molecule has 1 heterocycles. The van der Waals surface area contributed by atoms with Crippen molar-refractivity contribution in [3.8, 4) is 0 Å². The van der Waals surface area contributed by atoms with Crippen molar-refractivity contribution in [1.82, 2.24) is 5.43 Å². The van der Waals surface area contributed by atoms with Gasteiger partial charge in [-0.3, -0.25) is 14.9 Å². The quantitative estimate of drug-likeness (QED) is 0.352. The van der Waals surface area contributed by atoms with E-state index in [1.54, 1.807) is 6.92 Å². The van der Waals surface area contributed by atoms with E-state index >= 15 is 0 Å². The Hall–Kier alpha value is -2.42. The highest BCUT2D eigenvalue weighted by Crippen LogP contribution is 2.31. The number of nitro groups is 1. The van der Waals surface area contributed by atoms with Gasteiger partial charge in [0.2, 0.25) is 0 Å². The summed E-state index contributed by atoms with van der Waals surface area (Å²) < 4.78 is 0. The van der Waals surface area contributed by atoms with E-state index in [9.17, 15) is 14.9 Å². The van der Waals surface area contributed by atoms with Crippen molar-refractivity contribution < 1.29 is 14.7 Å². The maximum absolute atomic E-state index is 12.2. The normalized spacial score (nSPS) is 11.3. The van der Waals surface area contributed by atoms with Gasteiger partial charge in [0.05, 0.1) is 16.3 Å². The number of pyridine rings is 1. The summed E-state index contributed by atoms with van der Waals surface area (Å²) in [6, 6.07) is 5.69. The van der Waals surface area contributed by atoms with Crippen LogP contribution >= 0.6 is 34.8 Å². The van der Waals surface area contributed by atoms with E-state index in [1.807, 2.05) is 0 Å². The fourth-order valence-corrected chi connectivity index (χ4v) is 2.42. The number of anilines is 1. The number of rotatable bonds is 4. The van der Waals surface area contributed by atoms with E-state index in [0.717, 1.165) is 0 Å². The van der Waals surface area contributed by atoms with E-state index in [1.165, 1.54) is 24.3 Å². The zero-order valence-corrected chi connectivity index (χ0v) is 14.9. The van der Waals surface area contributed by atoms with Crippen molar-refractivity contribution in [3.05, 3.63) is 60.8 Å². The molecule has 0 saturated carbocycles.